The number of aromatic nitrogens is 3. The van der Waals surface area contributed by atoms with Gasteiger partial charge in [-0.2, -0.15) is 4.98 Å². The van der Waals surface area contributed by atoms with Crippen molar-refractivity contribution in [3.63, 3.8) is 0 Å². The predicted octanol–water partition coefficient (Wildman–Crippen LogP) is 3.33. The SMILES string of the molecule is CCNC(C)c1nc(-c2ncc(Br)cc2Br)no1. The minimum atomic E-state index is 0.0328. The summed E-state index contributed by atoms with van der Waals surface area (Å²) in [5.41, 5.74) is 0.664. The fourth-order valence-electron chi connectivity index (χ4n) is 1.48. The van der Waals surface area contributed by atoms with Crippen LogP contribution in [0.4, 0.5) is 0 Å². The van der Waals surface area contributed by atoms with E-state index in [4.69, 9.17) is 4.52 Å². The number of hydrogen-bond acceptors (Lipinski definition) is 5. The van der Waals surface area contributed by atoms with E-state index in [1.807, 2.05) is 19.9 Å². The summed E-state index contributed by atoms with van der Waals surface area (Å²) in [7, 11) is 0. The minimum absolute atomic E-state index is 0.0328. The molecule has 0 aliphatic carbocycles. The molecule has 0 amide bonds. The van der Waals surface area contributed by atoms with E-state index in [-0.39, 0.29) is 6.04 Å². The Kier molecular flexibility index (Phi) is 4.47. The Bertz CT molecular complexity index is 544. The van der Waals surface area contributed by atoms with E-state index in [9.17, 15) is 0 Å². The Morgan fingerprint density at radius 2 is 2.22 bits per heavy atom. The largest absolute Gasteiger partial charge is 0.337 e. The van der Waals surface area contributed by atoms with Crippen molar-refractivity contribution < 1.29 is 4.52 Å². The second-order valence-corrected chi connectivity index (χ2v) is 5.49. The second kappa shape index (κ2) is 5.90. The molecule has 0 spiro atoms. The maximum atomic E-state index is 5.22. The van der Waals surface area contributed by atoms with Gasteiger partial charge in [0.15, 0.2) is 0 Å². The van der Waals surface area contributed by atoms with Gasteiger partial charge in [0.1, 0.15) is 5.69 Å². The lowest BCUT2D eigenvalue weighted by atomic mass is 10.3. The summed E-state index contributed by atoms with van der Waals surface area (Å²) >= 11 is 6.78. The average Bonchev–Trinajstić information content (AvgIpc) is 2.78. The minimum Gasteiger partial charge on any atom is -0.337 e. The van der Waals surface area contributed by atoms with Gasteiger partial charge in [-0.3, -0.25) is 4.98 Å². The van der Waals surface area contributed by atoms with Crippen molar-refractivity contribution in [3.05, 3.63) is 27.1 Å². The lowest BCUT2D eigenvalue weighted by Crippen LogP contribution is -2.17. The van der Waals surface area contributed by atoms with Gasteiger partial charge in [0.05, 0.1) is 6.04 Å². The van der Waals surface area contributed by atoms with E-state index < -0.39 is 0 Å². The fourth-order valence-corrected chi connectivity index (χ4v) is 2.64. The van der Waals surface area contributed by atoms with Gasteiger partial charge in [-0.25, -0.2) is 0 Å². The molecule has 0 saturated carbocycles. The van der Waals surface area contributed by atoms with Crippen molar-refractivity contribution in [3.8, 4) is 11.5 Å². The maximum absolute atomic E-state index is 5.22. The molecule has 1 atom stereocenters. The predicted molar refractivity (Wildman–Crippen MR) is 75.0 cm³/mol. The number of rotatable bonds is 4. The third kappa shape index (κ3) is 2.96. The van der Waals surface area contributed by atoms with Crippen LogP contribution in [0.5, 0.6) is 0 Å². The van der Waals surface area contributed by atoms with Gasteiger partial charge in [-0.05, 0) is 51.4 Å². The van der Waals surface area contributed by atoms with Crippen molar-refractivity contribution in [1.82, 2.24) is 20.4 Å². The zero-order valence-corrected chi connectivity index (χ0v) is 13.1. The highest BCUT2D eigenvalue weighted by Crippen LogP contribution is 2.27. The van der Waals surface area contributed by atoms with Crippen molar-refractivity contribution in [2.24, 2.45) is 0 Å². The molecule has 7 heteroatoms. The summed E-state index contributed by atoms with van der Waals surface area (Å²) in [6, 6.07) is 1.93. The molecule has 0 aliphatic rings. The van der Waals surface area contributed by atoms with Crippen LogP contribution in [0.25, 0.3) is 11.5 Å². The number of pyridine rings is 1. The Balaban J connectivity index is 2.29. The van der Waals surface area contributed by atoms with E-state index in [1.165, 1.54) is 0 Å². The van der Waals surface area contributed by atoms with Gasteiger partial charge in [-0.1, -0.05) is 12.1 Å². The smallest absolute Gasteiger partial charge is 0.243 e. The Hall–Kier alpha value is -0.790. The van der Waals surface area contributed by atoms with Crippen molar-refractivity contribution in [1.29, 1.82) is 0 Å². The van der Waals surface area contributed by atoms with E-state index in [1.54, 1.807) is 6.20 Å². The zero-order chi connectivity index (χ0) is 13.1. The summed E-state index contributed by atoms with van der Waals surface area (Å²) < 4.78 is 6.93. The second-order valence-electron chi connectivity index (χ2n) is 3.72. The number of nitrogens with zero attached hydrogens (tertiary/aromatic N) is 3. The first-order valence-electron chi connectivity index (χ1n) is 5.50. The fraction of sp³-hybridized carbons (Fsp3) is 0.364. The molecular formula is C11H12Br2N4O. The average molecular weight is 376 g/mol. The third-order valence-corrected chi connectivity index (χ3v) is 3.38. The Morgan fingerprint density at radius 3 is 2.89 bits per heavy atom. The van der Waals surface area contributed by atoms with Crippen molar-refractivity contribution >= 4 is 31.9 Å². The monoisotopic (exact) mass is 374 g/mol. The van der Waals surface area contributed by atoms with Crippen LogP contribution in [-0.4, -0.2) is 21.7 Å². The molecule has 96 valence electrons. The van der Waals surface area contributed by atoms with Gasteiger partial charge in [0.2, 0.25) is 11.7 Å². The quantitative estimate of drug-likeness (QED) is 0.887. The first-order valence-corrected chi connectivity index (χ1v) is 7.08. The molecule has 2 heterocycles. The van der Waals surface area contributed by atoms with E-state index in [0.29, 0.717) is 17.4 Å². The molecule has 1 unspecified atom stereocenters. The lowest BCUT2D eigenvalue weighted by molar-refractivity contribution is 0.342. The van der Waals surface area contributed by atoms with Gasteiger partial charge >= 0.3 is 0 Å². The molecular weight excluding hydrogens is 364 g/mol. The van der Waals surface area contributed by atoms with Crippen LogP contribution < -0.4 is 5.32 Å². The molecule has 0 radical (unpaired) electrons. The molecule has 0 saturated heterocycles. The van der Waals surface area contributed by atoms with E-state index in [2.05, 4.69) is 52.3 Å². The summed E-state index contributed by atoms with van der Waals surface area (Å²) in [6.07, 6.45) is 1.70. The van der Waals surface area contributed by atoms with Crippen LogP contribution in [-0.2, 0) is 0 Å². The standard InChI is InChI=1S/C11H12Br2N4O/c1-3-14-6(2)11-16-10(17-18-11)9-8(13)4-7(12)5-15-9/h4-6,14H,3H2,1-2H3. The maximum Gasteiger partial charge on any atom is 0.243 e. The normalized spacial score (nSPS) is 12.7. The summed E-state index contributed by atoms with van der Waals surface area (Å²) in [5.74, 6) is 1.04. The van der Waals surface area contributed by atoms with Crippen LogP contribution in [0.3, 0.4) is 0 Å². The van der Waals surface area contributed by atoms with Gasteiger partial charge in [0.25, 0.3) is 0 Å². The highest BCUT2D eigenvalue weighted by Gasteiger charge is 2.16. The highest BCUT2D eigenvalue weighted by atomic mass is 79.9. The van der Waals surface area contributed by atoms with Crippen molar-refractivity contribution in [2.75, 3.05) is 6.54 Å². The topological polar surface area (TPSA) is 63.8 Å². The number of halogens is 2. The molecule has 1 N–H and O–H groups in total. The van der Waals surface area contributed by atoms with Crippen LogP contribution >= 0.6 is 31.9 Å². The van der Waals surface area contributed by atoms with Crippen LogP contribution in [0, 0.1) is 0 Å². The molecule has 0 bridgehead atoms. The zero-order valence-electron chi connectivity index (χ0n) is 9.94. The van der Waals surface area contributed by atoms with Crippen LogP contribution in [0.2, 0.25) is 0 Å². The highest BCUT2D eigenvalue weighted by molar-refractivity contribution is 9.11. The molecule has 2 aromatic rings. The van der Waals surface area contributed by atoms with Crippen LogP contribution in [0.1, 0.15) is 25.8 Å². The molecule has 0 aromatic carbocycles. The first kappa shape index (κ1) is 13.6. The third-order valence-electron chi connectivity index (χ3n) is 2.34. The number of nitrogens with one attached hydrogen (secondary N) is 1. The molecule has 2 aromatic heterocycles. The van der Waals surface area contributed by atoms with E-state index >= 15 is 0 Å². The molecule has 0 fully saturated rings. The summed E-state index contributed by atoms with van der Waals surface area (Å²) in [5, 5.41) is 7.16. The first-order chi connectivity index (χ1) is 8.61. The van der Waals surface area contributed by atoms with Crippen LogP contribution in [0.15, 0.2) is 25.7 Å². The number of hydrogen-bond donors (Lipinski definition) is 1. The summed E-state index contributed by atoms with van der Waals surface area (Å²) in [6.45, 7) is 4.85. The molecule has 18 heavy (non-hydrogen) atoms. The Labute approximate surface area is 122 Å². The summed E-state index contributed by atoms with van der Waals surface area (Å²) in [4.78, 5) is 8.61. The molecule has 2 rings (SSSR count). The van der Waals surface area contributed by atoms with Gasteiger partial charge in [-0.15, -0.1) is 0 Å². The van der Waals surface area contributed by atoms with E-state index in [0.717, 1.165) is 15.5 Å². The lowest BCUT2D eigenvalue weighted by Gasteiger charge is -2.05. The Morgan fingerprint density at radius 1 is 1.44 bits per heavy atom. The molecule has 5 nitrogen and oxygen atoms in total. The van der Waals surface area contributed by atoms with Gasteiger partial charge in [0, 0.05) is 15.1 Å². The molecule has 0 aliphatic heterocycles. The van der Waals surface area contributed by atoms with Gasteiger partial charge < -0.3 is 9.84 Å². The van der Waals surface area contributed by atoms with Crippen molar-refractivity contribution in [2.45, 2.75) is 19.9 Å².